The second kappa shape index (κ2) is 5.31. The molecular weight excluding hydrogens is 313 g/mol. The van der Waals surface area contributed by atoms with E-state index in [1.165, 1.54) is 7.05 Å². The van der Waals surface area contributed by atoms with Crippen LogP contribution in [0.15, 0.2) is 18.2 Å². The summed E-state index contributed by atoms with van der Waals surface area (Å²) < 4.78 is 1.77. The molecule has 1 aromatic heterocycles. The van der Waals surface area contributed by atoms with E-state index < -0.39 is 6.04 Å². The highest BCUT2D eigenvalue weighted by molar-refractivity contribution is 6.35. The van der Waals surface area contributed by atoms with Gasteiger partial charge in [0.1, 0.15) is 11.9 Å². The molecule has 0 radical (unpaired) electrons. The van der Waals surface area contributed by atoms with Gasteiger partial charge in [-0.05, 0) is 12.1 Å². The Morgan fingerprint density at radius 2 is 2.14 bits per heavy atom. The number of hydrogen-bond acceptors (Lipinski definition) is 3. The summed E-state index contributed by atoms with van der Waals surface area (Å²) in [6, 6.07) is 4.80. The largest absolute Gasteiger partial charge is 0.313 e. The summed E-state index contributed by atoms with van der Waals surface area (Å²) in [6.07, 6.45) is 0.634. The number of carbonyl (C=O) groups excluding carboxylic acids is 2. The number of para-hydroxylation sites is 1. The molecule has 1 atom stereocenters. The van der Waals surface area contributed by atoms with Crippen molar-refractivity contribution in [3.63, 3.8) is 0 Å². The molecule has 2 heterocycles. The highest BCUT2D eigenvalue weighted by Gasteiger charge is 2.39. The molecule has 21 heavy (non-hydrogen) atoms. The maximum Gasteiger partial charge on any atom is 0.252 e. The van der Waals surface area contributed by atoms with Crippen molar-refractivity contribution >= 4 is 46.0 Å². The van der Waals surface area contributed by atoms with Crippen LogP contribution in [-0.2, 0) is 16.0 Å². The number of aryl methyl sites for hydroxylation is 1. The predicted molar refractivity (Wildman–Crippen MR) is 80.6 cm³/mol. The highest BCUT2D eigenvalue weighted by Crippen LogP contribution is 2.33. The molecule has 2 amide bonds. The van der Waals surface area contributed by atoms with Crippen molar-refractivity contribution in [2.24, 2.45) is 0 Å². The Labute approximate surface area is 131 Å². The number of imidazole rings is 1. The van der Waals surface area contributed by atoms with Gasteiger partial charge < -0.3 is 4.57 Å². The van der Waals surface area contributed by atoms with E-state index in [2.05, 4.69) is 4.98 Å². The molecule has 1 saturated heterocycles. The summed E-state index contributed by atoms with van der Waals surface area (Å²) in [5.41, 5.74) is 1.39. The van der Waals surface area contributed by atoms with Gasteiger partial charge in [-0.25, -0.2) is 4.98 Å². The maximum absolute atomic E-state index is 12.3. The number of benzene rings is 1. The van der Waals surface area contributed by atoms with E-state index >= 15 is 0 Å². The van der Waals surface area contributed by atoms with E-state index in [1.54, 1.807) is 16.7 Å². The van der Waals surface area contributed by atoms with Crippen molar-refractivity contribution in [1.82, 2.24) is 14.5 Å². The minimum atomic E-state index is -0.592. The van der Waals surface area contributed by atoms with Gasteiger partial charge in [0, 0.05) is 19.3 Å². The Morgan fingerprint density at radius 3 is 2.76 bits per heavy atom. The predicted octanol–water partition coefficient (Wildman–Crippen LogP) is 2.40. The lowest BCUT2D eigenvalue weighted by molar-refractivity contribution is -0.137. The Bertz CT molecular complexity index is 741. The molecule has 0 saturated carbocycles. The highest BCUT2D eigenvalue weighted by atomic mass is 35.5. The number of hydrogen-bond donors (Lipinski definition) is 0. The molecule has 1 aromatic carbocycles. The number of halogens is 2. The van der Waals surface area contributed by atoms with Gasteiger partial charge in [-0.3, -0.25) is 14.5 Å². The quantitative estimate of drug-likeness (QED) is 0.643. The van der Waals surface area contributed by atoms with Crippen LogP contribution in [0.4, 0.5) is 0 Å². The van der Waals surface area contributed by atoms with E-state index in [1.807, 2.05) is 6.07 Å². The fraction of sp³-hybridized carbons (Fsp3) is 0.357. The molecule has 1 aliphatic rings. The molecule has 7 heteroatoms. The number of nitrogens with zero attached hydrogens (tertiary/aromatic N) is 3. The van der Waals surface area contributed by atoms with E-state index in [-0.39, 0.29) is 18.2 Å². The molecule has 0 aliphatic carbocycles. The summed E-state index contributed by atoms with van der Waals surface area (Å²) >= 11 is 12.1. The Balaban J connectivity index is 2.22. The van der Waals surface area contributed by atoms with Crippen molar-refractivity contribution in [3.05, 3.63) is 29.0 Å². The molecule has 5 nitrogen and oxygen atoms in total. The van der Waals surface area contributed by atoms with Crippen LogP contribution in [0, 0.1) is 0 Å². The molecular formula is C14H13Cl2N3O2. The van der Waals surface area contributed by atoms with Crippen molar-refractivity contribution in [3.8, 4) is 0 Å². The molecule has 110 valence electrons. The molecule has 1 unspecified atom stereocenters. The first-order chi connectivity index (χ1) is 10.0. The van der Waals surface area contributed by atoms with Crippen LogP contribution < -0.4 is 0 Å². The molecule has 2 aromatic rings. The van der Waals surface area contributed by atoms with E-state index in [0.717, 1.165) is 4.90 Å². The third kappa shape index (κ3) is 2.21. The van der Waals surface area contributed by atoms with Crippen molar-refractivity contribution < 1.29 is 9.59 Å². The smallest absolute Gasteiger partial charge is 0.252 e. The number of carbonyl (C=O) groups is 2. The third-order valence-electron chi connectivity index (χ3n) is 3.72. The second-order valence-corrected chi connectivity index (χ2v) is 5.74. The van der Waals surface area contributed by atoms with Crippen molar-refractivity contribution in [2.75, 3.05) is 12.9 Å². The molecule has 0 bridgehead atoms. The minimum Gasteiger partial charge on any atom is -0.313 e. The first kappa shape index (κ1) is 14.4. The Hall–Kier alpha value is -1.59. The van der Waals surface area contributed by atoms with Gasteiger partial charge in [0.15, 0.2) is 0 Å². The first-order valence-electron chi connectivity index (χ1n) is 6.56. The fourth-order valence-corrected chi connectivity index (χ4v) is 3.12. The van der Waals surface area contributed by atoms with Crippen LogP contribution in [0.3, 0.4) is 0 Å². The average molecular weight is 326 g/mol. The van der Waals surface area contributed by atoms with Crippen LogP contribution in [0.1, 0.15) is 18.3 Å². The van der Waals surface area contributed by atoms with Gasteiger partial charge >= 0.3 is 0 Å². The van der Waals surface area contributed by atoms with Crippen LogP contribution in [-0.4, -0.2) is 39.2 Å². The topological polar surface area (TPSA) is 55.2 Å². The number of likely N-dealkylation sites (tertiary alicyclic amines) is 1. The number of amides is 2. The number of alkyl halides is 1. The van der Waals surface area contributed by atoms with Crippen LogP contribution in [0.5, 0.6) is 0 Å². The summed E-state index contributed by atoms with van der Waals surface area (Å²) in [4.78, 5) is 29.8. The van der Waals surface area contributed by atoms with Crippen LogP contribution in [0.2, 0.25) is 5.02 Å². The first-order valence-corrected chi connectivity index (χ1v) is 7.47. The van der Waals surface area contributed by atoms with Crippen molar-refractivity contribution in [1.29, 1.82) is 0 Å². The normalized spacial score (nSPS) is 19.0. The molecule has 3 rings (SSSR count). The monoisotopic (exact) mass is 325 g/mol. The van der Waals surface area contributed by atoms with Gasteiger partial charge in [-0.1, -0.05) is 17.7 Å². The summed E-state index contributed by atoms with van der Waals surface area (Å²) in [5.74, 6) is 0.617. The third-order valence-corrected chi connectivity index (χ3v) is 4.22. The van der Waals surface area contributed by atoms with Crippen molar-refractivity contribution in [2.45, 2.75) is 18.9 Å². The van der Waals surface area contributed by atoms with E-state index in [0.29, 0.717) is 34.2 Å². The van der Waals surface area contributed by atoms with E-state index in [9.17, 15) is 9.59 Å². The standard InChI is InChI=1S/C14H13Cl2N3O2/c1-18-12(20)7-10(14(18)21)19-11(5-6-15)17-9-4-2-3-8(16)13(9)19/h2-4,10H,5-7H2,1H3. The van der Waals surface area contributed by atoms with Gasteiger partial charge in [-0.2, -0.15) is 0 Å². The zero-order valence-corrected chi connectivity index (χ0v) is 12.9. The summed E-state index contributed by atoms with van der Waals surface area (Å²) in [5, 5.41) is 0.510. The lowest BCUT2D eigenvalue weighted by Gasteiger charge is -2.15. The molecule has 0 N–H and O–H groups in total. The number of aromatic nitrogens is 2. The van der Waals surface area contributed by atoms with Crippen LogP contribution in [0.25, 0.3) is 11.0 Å². The molecule has 0 spiro atoms. The Morgan fingerprint density at radius 1 is 1.38 bits per heavy atom. The lowest BCUT2D eigenvalue weighted by Crippen LogP contribution is -2.27. The number of fused-ring (bicyclic) bond motifs is 1. The number of rotatable bonds is 3. The number of imide groups is 1. The fourth-order valence-electron chi connectivity index (χ4n) is 2.69. The van der Waals surface area contributed by atoms with E-state index in [4.69, 9.17) is 23.2 Å². The molecule has 1 aliphatic heterocycles. The second-order valence-electron chi connectivity index (χ2n) is 4.96. The number of likely N-dealkylation sites (N-methyl/N-ethyl adjacent to an activating group) is 1. The zero-order chi connectivity index (χ0) is 15.1. The van der Waals surface area contributed by atoms with Gasteiger partial charge in [0.05, 0.1) is 22.5 Å². The Kier molecular flexibility index (Phi) is 3.63. The maximum atomic E-state index is 12.3. The minimum absolute atomic E-state index is 0.126. The average Bonchev–Trinajstić information content (AvgIpc) is 2.93. The van der Waals surface area contributed by atoms with Gasteiger partial charge in [0.2, 0.25) is 5.91 Å². The zero-order valence-electron chi connectivity index (χ0n) is 11.3. The summed E-state index contributed by atoms with van der Waals surface area (Å²) in [6.45, 7) is 0. The SMILES string of the molecule is CN1C(=O)CC(n2c(CCCl)nc3cccc(Cl)c32)C1=O. The summed E-state index contributed by atoms with van der Waals surface area (Å²) in [7, 11) is 1.49. The van der Waals surface area contributed by atoms with Crippen LogP contribution >= 0.6 is 23.2 Å². The lowest BCUT2D eigenvalue weighted by atomic mass is 10.2. The van der Waals surface area contributed by atoms with Gasteiger partial charge in [0.25, 0.3) is 5.91 Å². The van der Waals surface area contributed by atoms with Gasteiger partial charge in [-0.15, -0.1) is 11.6 Å². The molecule has 1 fully saturated rings.